The fraction of sp³-hybridized carbons (Fsp3) is 0.143. The molecule has 3 rings (SSSR count). The molecule has 0 fully saturated rings. The quantitative estimate of drug-likeness (QED) is 0.312. The molecule has 0 amide bonds. The molecule has 0 aliphatic rings. The molecule has 0 spiro atoms. The van der Waals surface area contributed by atoms with Crippen LogP contribution in [-0.4, -0.2) is 14.8 Å². The van der Waals surface area contributed by atoms with Crippen molar-refractivity contribution in [2.45, 2.75) is 13.8 Å². The fourth-order valence-electron chi connectivity index (χ4n) is 2.21. The van der Waals surface area contributed by atoms with Gasteiger partial charge in [0.05, 0.1) is 10.0 Å². The van der Waals surface area contributed by atoms with E-state index in [2.05, 4.69) is 5.10 Å². The zero-order chi connectivity index (χ0) is 15.1. The number of aryl methyl sites for hydroxylation is 2. The van der Waals surface area contributed by atoms with E-state index in [0.29, 0.717) is 16.1 Å². The molecule has 0 bridgehead atoms. The Balaban J connectivity index is 2.31. The van der Waals surface area contributed by atoms with Crippen LogP contribution in [0.15, 0.2) is 36.4 Å². The average Bonchev–Trinajstić information content (AvgIpc) is 2.76. The molecule has 2 aromatic carbocycles. The number of aromatic nitrogens is 3. The Morgan fingerprint density at radius 3 is 2.43 bits per heavy atom. The van der Waals surface area contributed by atoms with Gasteiger partial charge in [0.1, 0.15) is 5.69 Å². The molecule has 0 atom stereocenters. The number of benzene rings is 2. The molecule has 0 aliphatic heterocycles. The second-order valence-corrected chi connectivity index (χ2v) is 4.91. The van der Waals surface area contributed by atoms with Gasteiger partial charge < -0.3 is 5.21 Å². The van der Waals surface area contributed by atoms with E-state index in [9.17, 15) is 15.3 Å². The van der Waals surface area contributed by atoms with Gasteiger partial charge in [-0.05, 0) is 42.4 Å². The van der Waals surface area contributed by atoms with Crippen molar-refractivity contribution >= 4 is 16.7 Å². The largest absolute Gasteiger partial charge is 0.692 e. The SMILES string of the molecule is Cc1ccc(-n2nc3c([N+](=O)[O-])cc(C)cc3[n+]2[O-])cc1. The van der Waals surface area contributed by atoms with Gasteiger partial charge in [-0.1, -0.05) is 17.7 Å². The fourth-order valence-corrected chi connectivity index (χ4v) is 2.21. The second-order valence-electron chi connectivity index (χ2n) is 4.91. The Morgan fingerprint density at radius 1 is 1.14 bits per heavy atom. The summed E-state index contributed by atoms with van der Waals surface area (Å²) in [4.78, 5) is 12.3. The summed E-state index contributed by atoms with van der Waals surface area (Å²) in [5, 5.41) is 27.5. The normalized spacial score (nSPS) is 11.0. The smallest absolute Gasteiger partial charge is 0.327 e. The first kappa shape index (κ1) is 13.0. The van der Waals surface area contributed by atoms with Crippen LogP contribution in [0.2, 0.25) is 0 Å². The number of nitro benzene ring substituents is 1. The minimum Gasteiger partial charge on any atom is -0.692 e. The third kappa shape index (κ3) is 2.08. The molecule has 0 saturated carbocycles. The summed E-state index contributed by atoms with van der Waals surface area (Å²) in [7, 11) is 0. The molecule has 1 aromatic heterocycles. The summed E-state index contributed by atoms with van der Waals surface area (Å²) in [6, 6.07) is 10.2. The van der Waals surface area contributed by atoms with Crippen molar-refractivity contribution in [1.29, 1.82) is 0 Å². The first-order valence-corrected chi connectivity index (χ1v) is 6.32. The van der Waals surface area contributed by atoms with Gasteiger partial charge in [0.2, 0.25) is 5.52 Å². The molecule has 0 unspecified atom stereocenters. The van der Waals surface area contributed by atoms with Gasteiger partial charge in [0.25, 0.3) is 0 Å². The minimum absolute atomic E-state index is 0.0844. The Hall–Kier alpha value is -2.96. The van der Waals surface area contributed by atoms with Crippen molar-refractivity contribution in [3.8, 4) is 5.69 Å². The maximum absolute atomic E-state index is 12.3. The lowest BCUT2D eigenvalue weighted by Crippen LogP contribution is -2.37. The summed E-state index contributed by atoms with van der Waals surface area (Å²) in [5.41, 5.74) is 2.35. The second kappa shape index (κ2) is 4.55. The van der Waals surface area contributed by atoms with Crippen molar-refractivity contribution in [3.05, 3.63) is 62.8 Å². The highest BCUT2D eigenvalue weighted by Crippen LogP contribution is 2.24. The van der Waals surface area contributed by atoms with E-state index < -0.39 is 4.92 Å². The van der Waals surface area contributed by atoms with E-state index in [-0.39, 0.29) is 16.7 Å². The number of hydrogen-bond acceptors (Lipinski definition) is 4. The van der Waals surface area contributed by atoms with Gasteiger partial charge in [-0.15, -0.1) is 4.85 Å². The van der Waals surface area contributed by atoms with Crippen LogP contribution in [0.3, 0.4) is 0 Å². The third-order valence-electron chi connectivity index (χ3n) is 3.25. The lowest BCUT2D eigenvalue weighted by atomic mass is 10.2. The summed E-state index contributed by atoms with van der Waals surface area (Å²) in [5.74, 6) is 0. The van der Waals surface area contributed by atoms with Crippen LogP contribution in [0.1, 0.15) is 11.1 Å². The summed E-state index contributed by atoms with van der Waals surface area (Å²) < 4.78 is 0. The van der Waals surface area contributed by atoms with Gasteiger partial charge in [0, 0.05) is 6.07 Å². The molecule has 3 aromatic rings. The van der Waals surface area contributed by atoms with Crippen molar-refractivity contribution < 1.29 is 9.77 Å². The zero-order valence-electron chi connectivity index (χ0n) is 11.5. The molecule has 0 aliphatic carbocycles. The first-order chi connectivity index (χ1) is 9.97. The van der Waals surface area contributed by atoms with Crippen LogP contribution in [0.25, 0.3) is 16.7 Å². The Bertz CT molecular complexity index is 853. The van der Waals surface area contributed by atoms with Crippen LogP contribution >= 0.6 is 0 Å². The molecule has 1 heterocycles. The Kier molecular flexibility index (Phi) is 2.83. The van der Waals surface area contributed by atoms with Crippen LogP contribution in [0.5, 0.6) is 0 Å². The maximum atomic E-state index is 12.3. The summed E-state index contributed by atoms with van der Waals surface area (Å²) in [6.45, 7) is 3.64. The lowest BCUT2D eigenvalue weighted by molar-refractivity contribution is -0.664. The highest BCUT2D eigenvalue weighted by molar-refractivity contribution is 5.82. The predicted molar refractivity (Wildman–Crippen MR) is 76.2 cm³/mol. The molecule has 0 radical (unpaired) electrons. The van der Waals surface area contributed by atoms with Gasteiger partial charge >= 0.3 is 11.2 Å². The minimum atomic E-state index is -0.526. The van der Waals surface area contributed by atoms with Crippen LogP contribution in [-0.2, 0) is 0 Å². The topological polar surface area (TPSA) is 87.9 Å². The van der Waals surface area contributed by atoms with Crippen molar-refractivity contribution in [2.75, 3.05) is 0 Å². The van der Waals surface area contributed by atoms with E-state index >= 15 is 0 Å². The molecular formula is C14H12N4O3. The standard InChI is InChI=1S/C14H12N4O3/c1-9-3-5-11(6-4-9)16-15-14-12(17(16)19)7-10(2)8-13(14)18(20)21/h3-8H,1-2H3. The van der Waals surface area contributed by atoms with Crippen LogP contribution < -0.4 is 4.85 Å². The van der Waals surface area contributed by atoms with E-state index in [1.54, 1.807) is 25.1 Å². The number of non-ortho nitro benzene ring substituents is 1. The average molecular weight is 284 g/mol. The molecule has 7 heteroatoms. The van der Waals surface area contributed by atoms with Crippen LogP contribution in [0.4, 0.5) is 5.69 Å². The highest BCUT2D eigenvalue weighted by Gasteiger charge is 2.26. The number of rotatable bonds is 2. The van der Waals surface area contributed by atoms with Gasteiger partial charge in [-0.2, -0.15) is 0 Å². The molecule has 21 heavy (non-hydrogen) atoms. The Labute approximate surface area is 119 Å². The number of hydrogen-bond donors (Lipinski definition) is 0. The van der Waals surface area contributed by atoms with E-state index in [4.69, 9.17) is 0 Å². The zero-order valence-corrected chi connectivity index (χ0v) is 11.5. The van der Waals surface area contributed by atoms with Gasteiger partial charge in [-0.25, -0.2) is 0 Å². The van der Waals surface area contributed by atoms with Gasteiger partial charge in [0.15, 0.2) is 0 Å². The van der Waals surface area contributed by atoms with Crippen LogP contribution in [0, 0.1) is 29.2 Å². The van der Waals surface area contributed by atoms with E-state index in [0.717, 1.165) is 10.4 Å². The van der Waals surface area contributed by atoms with Crippen molar-refractivity contribution in [1.82, 2.24) is 9.90 Å². The van der Waals surface area contributed by atoms with E-state index in [1.807, 2.05) is 19.1 Å². The number of nitro groups is 1. The van der Waals surface area contributed by atoms with Crippen molar-refractivity contribution in [2.24, 2.45) is 0 Å². The van der Waals surface area contributed by atoms with Gasteiger partial charge in [-0.3, -0.25) is 10.1 Å². The monoisotopic (exact) mass is 284 g/mol. The molecule has 0 N–H and O–H groups in total. The summed E-state index contributed by atoms with van der Waals surface area (Å²) in [6.07, 6.45) is 0. The molecular weight excluding hydrogens is 272 g/mol. The predicted octanol–water partition coefficient (Wildman–Crippen LogP) is 2.18. The molecule has 106 valence electrons. The highest BCUT2D eigenvalue weighted by atomic mass is 16.6. The van der Waals surface area contributed by atoms with E-state index in [1.165, 1.54) is 6.07 Å². The molecule has 0 saturated heterocycles. The van der Waals surface area contributed by atoms with Crippen molar-refractivity contribution in [3.63, 3.8) is 0 Å². The number of fused-ring (bicyclic) bond motifs is 1. The Morgan fingerprint density at radius 2 is 1.81 bits per heavy atom. The first-order valence-electron chi connectivity index (χ1n) is 6.32. The summed E-state index contributed by atoms with van der Waals surface area (Å²) >= 11 is 0. The third-order valence-corrected chi connectivity index (χ3v) is 3.25. The maximum Gasteiger partial charge on any atom is 0.327 e. The number of nitrogens with zero attached hydrogens (tertiary/aromatic N) is 4. The lowest BCUT2D eigenvalue weighted by Gasteiger charge is -2.04. The molecule has 7 nitrogen and oxygen atoms in total.